The summed E-state index contributed by atoms with van der Waals surface area (Å²) in [5.74, 6) is -5.27. The molecule has 0 amide bonds. The van der Waals surface area contributed by atoms with Gasteiger partial charge in [0.1, 0.15) is 0 Å². The van der Waals surface area contributed by atoms with Crippen LogP contribution in [0.4, 0.5) is 17.6 Å². The maximum absolute atomic E-state index is 13.8. The van der Waals surface area contributed by atoms with E-state index < -0.39 is 34.4 Å². The number of halogens is 5. The van der Waals surface area contributed by atoms with Crippen molar-refractivity contribution in [1.29, 1.82) is 0 Å². The van der Waals surface area contributed by atoms with Gasteiger partial charge in [-0.05, 0) is 30.6 Å². The average Bonchev–Trinajstić information content (AvgIpc) is 2.91. The molecule has 0 heterocycles. The molecule has 0 nitrogen and oxygen atoms in total. The Morgan fingerprint density at radius 2 is 1.55 bits per heavy atom. The van der Waals surface area contributed by atoms with Crippen LogP contribution in [-0.2, 0) is 6.42 Å². The summed E-state index contributed by atoms with van der Waals surface area (Å²) in [7, 11) is 0. The molecule has 0 saturated heterocycles. The monoisotopic (exact) mass is 306 g/mol. The topological polar surface area (TPSA) is 0 Å². The summed E-state index contributed by atoms with van der Waals surface area (Å²) in [6, 6.07) is 0. The first-order chi connectivity index (χ1) is 9.23. The van der Waals surface area contributed by atoms with Gasteiger partial charge in [0.2, 0.25) is 0 Å². The molecule has 5 heteroatoms. The minimum Gasteiger partial charge on any atom is -0.203 e. The molecule has 1 saturated carbocycles. The molecule has 1 aliphatic carbocycles. The molecule has 2 atom stereocenters. The fraction of sp³-hybridized carbons (Fsp3) is 0.467. The predicted octanol–water partition coefficient (Wildman–Crippen LogP) is 5.12. The zero-order valence-electron chi connectivity index (χ0n) is 11.4. The molecule has 20 heavy (non-hydrogen) atoms. The van der Waals surface area contributed by atoms with Crippen molar-refractivity contribution in [1.82, 2.24) is 0 Å². The zero-order chi connectivity index (χ0) is 15.2. The number of allylic oxidation sites excluding steroid dienone is 1. The first-order valence-corrected chi connectivity index (χ1v) is 6.75. The van der Waals surface area contributed by atoms with Gasteiger partial charge in [0, 0.05) is 16.7 Å². The van der Waals surface area contributed by atoms with Crippen molar-refractivity contribution in [2.75, 3.05) is 0 Å². The van der Waals surface area contributed by atoms with Gasteiger partial charge in [-0.15, -0.1) is 0 Å². The highest BCUT2D eigenvalue weighted by atomic mass is 35.5. The highest BCUT2D eigenvalue weighted by molar-refractivity contribution is 6.25. The Morgan fingerprint density at radius 3 is 2.00 bits per heavy atom. The molecule has 2 rings (SSSR count). The molecule has 0 aromatic heterocycles. The normalized spacial score (nSPS) is 24.4. The lowest BCUT2D eigenvalue weighted by Crippen LogP contribution is -2.08. The summed E-state index contributed by atoms with van der Waals surface area (Å²) in [6.45, 7) is 4.87. The summed E-state index contributed by atoms with van der Waals surface area (Å²) >= 11 is 5.52. The van der Waals surface area contributed by atoms with E-state index in [1.807, 2.05) is 13.8 Å². The molecule has 0 N–H and O–H groups in total. The second-order valence-corrected chi connectivity index (χ2v) is 6.09. The van der Waals surface area contributed by atoms with Crippen LogP contribution in [0.3, 0.4) is 0 Å². The Hall–Kier alpha value is -1.03. The van der Waals surface area contributed by atoms with Crippen molar-refractivity contribution < 1.29 is 17.6 Å². The molecule has 1 aromatic carbocycles. The van der Waals surface area contributed by atoms with Crippen molar-refractivity contribution in [3.8, 4) is 0 Å². The minimum atomic E-state index is -1.32. The molecule has 0 radical (unpaired) electrons. The maximum Gasteiger partial charge on any atom is 0.165 e. The van der Waals surface area contributed by atoms with Crippen molar-refractivity contribution in [3.63, 3.8) is 0 Å². The lowest BCUT2D eigenvalue weighted by Gasteiger charge is -2.10. The van der Waals surface area contributed by atoms with Crippen LogP contribution in [0.1, 0.15) is 25.0 Å². The first-order valence-electron chi connectivity index (χ1n) is 6.31. The predicted molar refractivity (Wildman–Crippen MR) is 70.5 cm³/mol. The van der Waals surface area contributed by atoms with E-state index in [9.17, 15) is 17.6 Å². The van der Waals surface area contributed by atoms with Crippen molar-refractivity contribution in [2.24, 2.45) is 17.3 Å². The molecule has 1 aliphatic rings. The van der Waals surface area contributed by atoms with Gasteiger partial charge in [0.25, 0.3) is 0 Å². The van der Waals surface area contributed by atoms with Crippen molar-refractivity contribution in [2.45, 2.75) is 27.2 Å². The maximum atomic E-state index is 13.8. The van der Waals surface area contributed by atoms with Crippen LogP contribution < -0.4 is 0 Å². The fourth-order valence-electron chi connectivity index (χ4n) is 2.82. The smallest absolute Gasteiger partial charge is 0.165 e. The number of hydrogen-bond donors (Lipinski definition) is 0. The third kappa shape index (κ3) is 2.24. The summed E-state index contributed by atoms with van der Waals surface area (Å²) in [4.78, 5) is 0. The molecule has 1 aromatic rings. The number of hydrogen-bond acceptors (Lipinski definition) is 0. The van der Waals surface area contributed by atoms with E-state index in [2.05, 4.69) is 0 Å². The second-order valence-electron chi connectivity index (χ2n) is 5.84. The van der Waals surface area contributed by atoms with Gasteiger partial charge in [-0.2, -0.15) is 0 Å². The van der Waals surface area contributed by atoms with Crippen LogP contribution in [0.15, 0.2) is 11.6 Å². The lowest BCUT2D eigenvalue weighted by molar-refractivity contribution is 0.422. The van der Waals surface area contributed by atoms with Crippen LogP contribution in [-0.4, -0.2) is 0 Å². The fourth-order valence-corrected chi connectivity index (χ4v) is 2.98. The van der Waals surface area contributed by atoms with Gasteiger partial charge in [0.15, 0.2) is 23.3 Å². The number of rotatable bonds is 3. The molecule has 1 fully saturated rings. The zero-order valence-corrected chi connectivity index (χ0v) is 12.2. The van der Waals surface area contributed by atoms with Crippen LogP contribution in [0, 0.1) is 47.4 Å². The Balaban J connectivity index is 2.37. The summed E-state index contributed by atoms with van der Waals surface area (Å²) in [5.41, 5.74) is 0.0162. The summed E-state index contributed by atoms with van der Waals surface area (Å²) in [6.07, 6.45) is 1.69. The SMILES string of the molecule is Cc1c(F)c(F)c(C[C@H]2[C@H](C=CCl)C2(C)C)c(F)c1F. The highest BCUT2D eigenvalue weighted by Gasteiger charge is 2.56. The Bertz CT molecular complexity index is 549. The largest absolute Gasteiger partial charge is 0.203 e. The molecular formula is C15H15ClF4. The van der Waals surface area contributed by atoms with Crippen LogP contribution >= 0.6 is 11.6 Å². The van der Waals surface area contributed by atoms with Gasteiger partial charge < -0.3 is 0 Å². The quantitative estimate of drug-likeness (QED) is 0.537. The molecule has 110 valence electrons. The Kier molecular flexibility index (Phi) is 3.89. The van der Waals surface area contributed by atoms with E-state index >= 15 is 0 Å². The molecule has 0 bridgehead atoms. The molecule has 0 aliphatic heterocycles. The van der Waals surface area contributed by atoms with E-state index in [0.29, 0.717) is 0 Å². The van der Waals surface area contributed by atoms with Crippen LogP contribution in [0.5, 0.6) is 0 Å². The standard InChI is InChI=1S/C15H15ClF4/c1-7-11(17)13(19)8(14(20)12(7)18)6-10-9(4-5-16)15(10,2)3/h4-5,9-10H,6H2,1-3H3/t9-,10-/m0/s1. The van der Waals surface area contributed by atoms with E-state index in [0.717, 1.165) is 6.92 Å². The van der Waals surface area contributed by atoms with Gasteiger partial charge in [-0.3, -0.25) is 0 Å². The average molecular weight is 307 g/mol. The van der Waals surface area contributed by atoms with Crippen molar-refractivity contribution in [3.05, 3.63) is 46.0 Å². The molecule has 0 unspecified atom stereocenters. The highest BCUT2D eigenvalue weighted by Crippen LogP contribution is 2.60. The molecule has 0 spiro atoms. The lowest BCUT2D eigenvalue weighted by atomic mass is 10.00. The summed E-state index contributed by atoms with van der Waals surface area (Å²) in [5, 5.41) is 0. The van der Waals surface area contributed by atoms with Gasteiger partial charge >= 0.3 is 0 Å². The Labute approximate surface area is 120 Å². The van der Waals surface area contributed by atoms with E-state index in [-0.39, 0.29) is 23.7 Å². The van der Waals surface area contributed by atoms with Gasteiger partial charge in [-0.1, -0.05) is 31.5 Å². The third-order valence-corrected chi connectivity index (χ3v) is 4.56. The molecular weight excluding hydrogens is 292 g/mol. The third-order valence-electron chi connectivity index (χ3n) is 4.42. The van der Waals surface area contributed by atoms with Crippen molar-refractivity contribution >= 4 is 11.6 Å². The number of benzene rings is 1. The second kappa shape index (κ2) is 5.06. The van der Waals surface area contributed by atoms with E-state index in [1.165, 1.54) is 5.54 Å². The first kappa shape index (κ1) is 15.4. The van der Waals surface area contributed by atoms with E-state index in [4.69, 9.17) is 11.6 Å². The van der Waals surface area contributed by atoms with Gasteiger partial charge in [-0.25, -0.2) is 17.6 Å². The van der Waals surface area contributed by atoms with Crippen LogP contribution in [0.25, 0.3) is 0 Å². The van der Waals surface area contributed by atoms with Crippen LogP contribution in [0.2, 0.25) is 0 Å². The Morgan fingerprint density at radius 1 is 1.05 bits per heavy atom. The summed E-state index contributed by atoms with van der Waals surface area (Å²) < 4.78 is 54.7. The minimum absolute atomic E-state index is 0.0474. The van der Waals surface area contributed by atoms with E-state index in [1.54, 1.807) is 6.08 Å². The van der Waals surface area contributed by atoms with Gasteiger partial charge in [0.05, 0.1) is 0 Å².